The van der Waals surface area contributed by atoms with Gasteiger partial charge in [0.15, 0.2) is 5.78 Å². The van der Waals surface area contributed by atoms with Gasteiger partial charge in [0.1, 0.15) is 4.32 Å². The van der Waals surface area contributed by atoms with E-state index in [2.05, 4.69) is 5.32 Å². The Bertz CT molecular complexity index is 706. The number of benzene rings is 1. The molecule has 1 aliphatic heterocycles. The van der Waals surface area contributed by atoms with Crippen molar-refractivity contribution in [2.24, 2.45) is 0 Å². The Kier molecular flexibility index (Phi) is 7.78. The summed E-state index contributed by atoms with van der Waals surface area (Å²) in [6, 6.07) is 6.93. The minimum absolute atomic E-state index is 0.0287. The highest BCUT2D eigenvalue weighted by Crippen LogP contribution is 2.29. The number of Topliss-reactive ketones (excluding diaryl/α,β-unsaturated/α-hetero) is 1. The number of hydrogen-bond donors (Lipinski definition) is 1. The number of nitrogens with one attached hydrogen (secondary N) is 1. The van der Waals surface area contributed by atoms with Gasteiger partial charge in [0, 0.05) is 24.2 Å². The van der Waals surface area contributed by atoms with E-state index in [9.17, 15) is 14.4 Å². The van der Waals surface area contributed by atoms with Gasteiger partial charge in [-0.25, -0.2) is 0 Å². The Morgan fingerprint density at radius 1 is 1.27 bits per heavy atom. The van der Waals surface area contributed by atoms with E-state index in [4.69, 9.17) is 12.2 Å². The van der Waals surface area contributed by atoms with Crippen LogP contribution in [0.1, 0.15) is 56.3 Å². The molecule has 140 valence electrons. The predicted molar refractivity (Wildman–Crippen MR) is 110 cm³/mol. The van der Waals surface area contributed by atoms with Gasteiger partial charge in [-0.1, -0.05) is 49.5 Å². The van der Waals surface area contributed by atoms with E-state index in [-0.39, 0.29) is 22.8 Å². The first-order valence-electron chi connectivity index (χ1n) is 8.85. The van der Waals surface area contributed by atoms with Gasteiger partial charge in [0.25, 0.3) is 0 Å². The minimum atomic E-state index is -0.0694. The molecule has 2 rings (SSSR count). The SMILES string of the molecule is CCC1SC(=S)N(CCCCCC(=O)Nc2cccc(C(C)=O)c2)C1=O. The van der Waals surface area contributed by atoms with Crippen molar-refractivity contribution in [2.45, 2.75) is 51.2 Å². The van der Waals surface area contributed by atoms with E-state index in [0.29, 0.717) is 28.5 Å². The summed E-state index contributed by atoms with van der Waals surface area (Å²) in [6.45, 7) is 4.12. The van der Waals surface area contributed by atoms with Gasteiger partial charge in [-0.2, -0.15) is 0 Å². The summed E-state index contributed by atoms with van der Waals surface area (Å²) >= 11 is 6.74. The second kappa shape index (κ2) is 9.83. The van der Waals surface area contributed by atoms with Crippen LogP contribution in [0.5, 0.6) is 0 Å². The normalized spacial score (nSPS) is 16.8. The molecule has 1 aromatic carbocycles. The van der Waals surface area contributed by atoms with E-state index in [0.717, 1.165) is 25.7 Å². The smallest absolute Gasteiger partial charge is 0.241 e. The molecule has 1 saturated heterocycles. The average Bonchev–Trinajstić information content (AvgIpc) is 2.88. The molecule has 0 aromatic heterocycles. The van der Waals surface area contributed by atoms with Crippen LogP contribution >= 0.6 is 24.0 Å². The lowest BCUT2D eigenvalue weighted by Gasteiger charge is -2.15. The average molecular weight is 393 g/mol. The lowest BCUT2D eigenvalue weighted by Crippen LogP contribution is -2.32. The number of anilines is 1. The van der Waals surface area contributed by atoms with Gasteiger partial charge in [-0.05, 0) is 38.3 Å². The topological polar surface area (TPSA) is 66.5 Å². The highest BCUT2D eigenvalue weighted by atomic mass is 32.2. The quantitative estimate of drug-likeness (QED) is 0.390. The van der Waals surface area contributed by atoms with E-state index >= 15 is 0 Å². The molecule has 0 saturated carbocycles. The van der Waals surface area contributed by atoms with Gasteiger partial charge in [0.2, 0.25) is 11.8 Å². The maximum absolute atomic E-state index is 12.1. The minimum Gasteiger partial charge on any atom is -0.326 e. The summed E-state index contributed by atoms with van der Waals surface area (Å²) in [6.07, 6.45) is 3.64. The fraction of sp³-hybridized carbons (Fsp3) is 0.474. The van der Waals surface area contributed by atoms with Crippen molar-refractivity contribution >= 4 is 51.6 Å². The molecule has 0 aliphatic carbocycles. The lowest BCUT2D eigenvalue weighted by atomic mass is 10.1. The first kappa shape index (κ1) is 20.6. The Morgan fingerprint density at radius 3 is 2.69 bits per heavy atom. The summed E-state index contributed by atoms with van der Waals surface area (Å²) in [5, 5.41) is 2.79. The molecule has 1 fully saturated rings. The number of carbonyl (C=O) groups is 3. The van der Waals surface area contributed by atoms with Gasteiger partial charge >= 0.3 is 0 Å². The molecule has 1 atom stereocenters. The van der Waals surface area contributed by atoms with E-state index in [1.165, 1.54) is 18.7 Å². The van der Waals surface area contributed by atoms with Crippen LogP contribution in [0.3, 0.4) is 0 Å². The molecule has 0 radical (unpaired) electrons. The fourth-order valence-corrected chi connectivity index (χ4v) is 4.21. The number of carbonyl (C=O) groups excluding carboxylic acids is 3. The first-order chi connectivity index (χ1) is 12.4. The third-order valence-electron chi connectivity index (χ3n) is 4.21. The summed E-state index contributed by atoms with van der Waals surface area (Å²) in [5.41, 5.74) is 1.22. The molecule has 26 heavy (non-hydrogen) atoms. The predicted octanol–water partition coefficient (Wildman–Crippen LogP) is 4.03. The van der Waals surface area contributed by atoms with Crippen molar-refractivity contribution in [2.75, 3.05) is 11.9 Å². The number of thiocarbonyl (C=S) groups is 1. The summed E-state index contributed by atoms with van der Waals surface area (Å²) < 4.78 is 0.671. The highest BCUT2D eigenvalue weighted by molar-refractivity contribution is 8.24. The molecule has 7 heteroatoms. The Balaban J connectivity index is 1.68. The molecule has 0 bridgehead atoms. The van der Waals surface area contributed by atoms with Crippen LogP contribution in [0, 0.1) is 0 Å². The van der Waals surface area contributed by atoms with Crippen molar-refractivity contribution in [3.8, 4) is 0 Å². The zero-order chi connectivity index (χ0) is 19.1. The monoisotopic (exact) mass is 392 g/mol. The maximum atomic E-state index is 12.1. The lowest BCUT2D eigenvalue weighted by molar-refractivity contribution is -0.126. The number of amides is 2. The molecule has 1 aromatic rings. The number of ketones is 1. The van der Waals surface area contributed by atoms with Crippen LogP contribution in [0.25, 0.3) is 0 Å². The Hall–Kier alpha value is -1.73. The van der Waals surface area contributed by atoms with Crippen LogP contribution < -0.4 is 5.32 Å². The van der Waals surface area contributed by atoms with Gasteiger partial charge in [-0.3, -0.25) is 19.3 Å². The molecular formula is C19H24N2O3S2. The van der Waals surface area contributed by atoms with E-state index in [1.54, 1.807) is 29.2 Å². The van der Waals surface area contributed by atoms with Gasteiger partial charge in [-0.15, -0.1) is 0 Å². The molecule has 5 nitrogen and oxygen atoms in total. The first-order valence-corrected chi connectivity index (χ1v) is 10.1. The van der Waals surface area contributed by atoms with Crippen molar-refractivity contribution < 1.29 is 14.4 Å². The number of hydrogen-bond acceptors (Lipinski definition) is 5. The standard InChI is InChI=1S/C19H24N2O3S2/c1-3-16-18(24)21(19(25)26-16)11-6-4-5-10-17(23)20-15-9-7-8-14(12-15)13(2)22/h7-9,12,16H,3-6,10-11H2,1-2H3,(H,20,23). The number of rotatable bonds is 9. The number of nitrogens with zero attached hydrogens (tertiary/aromatic N) is 1. The molecule has 1 heterocycles. The van der Waals surface area contributed by atoms with Crippen molar-refractivity contribution in [3.63, 3.8) is 0 Å². The van der Waals surface area contributed by atoms with Crippen LogP contribution in [-0.4, -0.2) is 38.6 Å². The van der Waals surface area contributed by atoms with Crippen molar-refractivity contribution in [1.82, 2.24) is 4.90 Å². The fourth-order valence-electron chi connectivity index (χ4n) is 2.73. The zero-order valence-electron chi connectivity index (χ0n) is 15.1. The summed E-state index contributed by atoms with van der Waals surface area (Å²) in [5.74, 6) is 0.0182. The van der Waals surface area contributed by atoms with Crippen LogP contribution in [0.2, 0.25) is 0 Å². The molecule has 1 unspecified atom stereocenters. The zero-order valence-corrected chi connectivity index (χ0v) is 16.8. The van der Waals surface area contributed by atoms with E-state index in [1.807, 2.05) is 6.92 Å². The summed E-state index contributed by atoms with van der Waals surface area (Å²) in [4.78, 5) is 37.2. The second-order valence-electron chi connectivity index (χ2n) is 6.27. The van der Waals surface area contributed by atoms with Crippen LogP contribution in [0.4, 0.5) is 5.69 Å². The largest absolute Gasteiger partial charge is 0.326 e. The van der Waals surface area contributed by atoms with Crippen molar-refractivity contribution in [3.05, 3.63) is 29.8 Å². The van der Waals surface area contributed by atoms with Gasteiger partial charge in [0.05, 0.1) is 5.25 Å². The maximum Gasteiger partial charge on any atom is 0.241 e. The molecule has 1 N–H and O–H groups in total. The molecule has 1 aliphatic rings. The molecule has 2 amide bonds. The highest BCUT2D eigenvalue weighted by Gasteiger charge is 2.34. The van der Waals surface area contributed by atoms with Crippen molar-refractivity contribution in [1.29, 1.82) is 0 Å². The van der Waals surface area contributed by atoms with E-state index < -0.39 is 0 Å². The Morgan fingerprint density at radius 2 is 2.04 bits per heavy atom. The third-order valence-corrected chi connectivity index (χ3v) is 5.96. The number of unbranched alkanes of at least 4 members (excludes halogenated alkanes) is 2. The third kappa shape index (κ3) is 5.64. The molecule has 0 spiro atoms. The second-order valence-corrected chi connectivity index (χ2v) is 8.10. The van der Waals surface area contributed by atoms with Crippen LogP contribution in [-0.2, 0) is 9.59 Å². The van der Waals surface area contributed by atoms with Crippen LogP contribution in [0.15, 0.2) is 24.3 Å². The summed E-state index contributed by atoms with van der Waals surface area (Å²) in [7, 11) is 0. The molecular weight excluding hydrogens is 368 g/mol. The Labute approximate surface area is 163 Å². The van der Waals surface area contributed by atoms with Gasteiger partial charge < -0.3 is 5.32 Å². The number of thioether (sulfide) groups is 1.